The third-order valence-corrected chi connectivity index (χ3v) is 3.11. The first kappa shape index (κ1) is 11.5. The second kappa shape index (κ2) is 5.22. The molecule has 0 aromatic rings. The van der Waals surface area contributed by atoms with Crippen LogP contribution in [0.5, 0.6) is 0 Å². The average molecular weight is 219 g/mol. The highest BCUT2D eigenvalue weighted by Crippen LogP contribution is 2.11. The van der Waals surface area contributed by atoms with Crippen molar-refractivity contribution in [3.05, 3.63) is 0 Å². The van der Waals surface area contributed by atoms with Gasteiger partial charge in [-0.3, -0.25) is 0 Å². The molecule has 0 aromatic heterocycles. The molecule has 0 heterocycles. The Morgan fingerprint density at radius 3 is 2.36 bits per heavy atom. The molecule has 0 saturated heterocycles. The molecular formula is C6H12Cl2O2S. The van der Waals surface area contributed by atoms with Crippen molar-refractivity contribution < 1.29 is 8.42 Å². The molecule has 0 fully saturated rings. The van der Waals surface area contributed by atoms with Crippen molar-refractivity contribution in [2.24, 2.45) is 0 Å². The monoisotopic (exact) mass is 218 g/mol. The van der Waals surface area contributed by atoms with Crippen LogP contribution >= 0.6 is 22.3 Å². The van der Waals surface area contributed by atoms with Gasteiger partial charge in [0.05, 0.1) is 5.75 Å². The Morgan fingerprint density at radius 1 is 1.45 bits per heavy atom. The van der Waals surface area contributed by atoms with Gasteiger partial charge in [-0.25, -0.2) is 8.42 Å². The fourth-order valence-electron chi connectivity index (χ4n) is 0.681. The number of rotatable bonds is 5. The molecule has 0 bridgehead atoms. The van der Waals surface area contributed by atoms with Gasteiger partial charge in [-0.1, -0.05) is 6.92 Å². The summed E-state index contributed by atoms with van der Waals surface area (Å²) in [6.07, 6.45) is 2.13. The van der Waals surface area contributed by atoms with Gasteiger partial charge in [0.1, 0.15) is 0 Å². The smallest absolute Gasteiger partial charge is 0.212 e. The molecule has 11 heavy (non-hydrogen) atoms. The summed E-state index contributed by atoms with van der Waals surface area (Å²) < 4.78 is 20.8. The van der Waals surface area contributed by atoms with E-state index in [4.69, 9.17) is 22.3 Å². The number of halogens is 2. The maximum atomic E-state index is 10.4. The predicted octanol–water partition coefficient (Wildman–Crippen LogP) is 2.35. The van der Waals surface area contributed by atoms with Gasteiger partial charge in [0.15, 0.2) is 0 Å². The maximum absolute atomic E-state index is 10.4. The van der Waals surface area contributed by atoms with Crippen LogP contribution in [0, 0.1) is 0 Å². The van der Waals surface area contributed by atoms with Crippen molar-refractivity contribution in [3.8, 4) is 0 Å². The first-order valence-corrected chi connectivity index (χ1v) is 6.43. The lowest BCUT2D eigenvalue weighted by atomic mass is 10.2. The lowest BCUT2D eigenvalue weighted by Crippen LogP contribution is -2.02. The standard InChI is InChI=1S/C6H12Cl2O2S/c1-2-6(7)4-3-5-11(8,9)10/h6H,2-5H2,1H3. The van der Waals surface area contributed by atoms with Gasteiger partial charge < -0.3 is 0 Å². The third-order valence-electron chi connectivity index (χ3n) is 1.35. The van der Waals surface area contributed by atoms with E-state index in [-0.39, 0.29) is 11.1 Å². The topological polar surface area (TPSA) is 34.1 Å². The molecule has 0 aliphatic rings. The van der Waals surface area contributed by atoms with E-state index in [1.165, 1.54) is 0 Å². The lowest BCUT2D eigenvalue weighted by molar-refractivity contribution is 0.603. The van der Waals surface area contributed by atoms with E-state index in [2.05, 4.69) is 0 Å². The van der Waals surface area contributed by atoms with E-state index >= 15 is 0 Å². The van der Waals surface area contributed by atoms with Crippen molar-refractivity contribution in [1.82, 2.24) is 0 Å². The molecule has 0 aromatic carbocycles. The summed E-state index contributed by atoms with van der Waals surface area (Å²) in [6.45, 7) is 1.97. The Kier molecular flexibility index (Phi) is 5.48. The molecule has 68 valence electrons. The molecular weight excluding hydrogens is 207 g/mol. The van der Waals surface area contributed by atoms with Crippen LogP contribution in [-0.4, -0.2) is 19.5 Å². The largest absolute Gasteiger partial charge is 0.232 e. The Morgan fingerprint density at radius 2 is 2.00 bits per heavy atom. The van der Waals surface area contributed by atoms with Crippen molar-refractivity contribution in [2.75, 3.05) is 5.75 Å². The molecule has 0 amide bonds. The van der Waals surface area contributed by atoms with Crippen LogP contribution in [0.1, 0.15) is 26.2 Å². The highest BCUT2D eigenvalue weighted by molar-refractivity contribution is 8.13. The normalized spacial score (nSPS) is 14.8. The summed E-state index contributed by atoms with van der Waals surface area (Å²) >= 11 is 5.76. The molecule has 5 heteroatoms. The third kappa shape index (κ3) is 8.44. The van der Waals surface area contributed by atoms with E-state index in [1.807, 2.05) is 6.92 Å². The van der Waals surface area contributed by atoms with Gasteiger partial charge in [0.2, 0.25) is 9.05 Å². The molecule has 1 unspecified atom stereocenters. The maximum Gasteiger partial charge on any atom is 0.232 e. The molecule has 0 N–H and O–H groups in total. The molecule has 0 aliphatic heterocycles. The predicted molar refractivity (Wildman–Crippen MR) is 48.8 cm³/mol. The van der Waals surface area contributed by atoms with Gasteiger partial charge >= 0.3 is 0 Å². The van der Waals surface area contributed by atoms with Crippen LogP contribution in [0.3, 0.4) is 0 Å². The molecule has 0 saturated carbocycles. The Bertz CT molecular complexity index is 189. The van der Waals surface area contributed by atoms with Crippen LogP contribution in [-0.2, 0) is 9.05 Å². The second-order valence-electron chi connectivity index (χ2n) is 2.39. The number of hydrogen-bond donors (Lipinski definition) is 0. The minimum atomic E-state index is -3.31. The van der Waals surface area contributed by atoms with Crippen molar-refractivity contribution >= 4 is 31.3 Å². The highest BCUT2D eigenvalue weighted by Gasteiger charge is 2.07. The Balaban J connectivity index is 3.43. The molecule has 0 radical (unpaired) electrons. The molecule has 0 spiro atoms. The van der Waals surface area contributed by atoms with Crippen LogP contribution in [0.2, 0.25) is 0 Å². The van der Waals surface area contributed by atoms with Crippen LogP contribution in [0.15, 0.2) is 0 Å². The van der Waals surface area contributed by atoms with Gasteiger partial charge in [-0.2, -0.15) is 0 Å². The second-order valence-corrected chi connectivity index (χ2v) is 5.90. The van der Waals surface area contributed by atoms with E-state index in [1.54, 1.807) is 0 Å². The summed E-state index contributed by atoms with van der Waals surface area (Å²) in [5.41, 5.74) is 0. The molecule has 1 atom stereocenters. The van der Waals surface area contributed by atoms with Gasteiger partial charge in [-0.15, -0.1) is 11.6 Å². The van der Waals surface area contributed by atoms with E-state index in [0.29, 0.717) is 12.8 Å². The van der Waals surface area contributed by atoms with E-state index < -0.39 is 9.05 Å². The highest BCUT2D eigenvalue weighted by atomic mass is 35.7. The van der Waals surface area contributed by atoms with Gasteiger partial charge in [0, 0.05) is 16.1 Å². The van der Waals surface area contributed by atoms with E-state index in [0.717, 1.165) is 6.42 Å². The Labute approximate surface area is 77.3 Å². The molecule has 2 nitrogen and oxygen atoms in total. The summed E-state index contributed by atoms with van der Waals surface area (Å²) in [5.74, 6) is 0.0256. The number of hydrogen-bond acceptors (Lipinski definition) is 2. The average Bonchev–Trinajstić information content (AvgIpc) is 1.85. The molecule has 0 rings (SSSR count). The Hall–Kier alpha value is 0.530. The fourth-order valence-corrected chi connectivity index (χ4v) is 1.67. The van der Waals surface area contributed by atoms with Crippen molar-refractivity contribution in [3.63, 3.8) is 0 Å². The first-order valence-electron chi connectivity index (χ1n) is 3.52. The van der Waals surface area contributed by atoms with Crippen molar-refractivity contribution in [1.29, 1.82) is 0 Å². The van der Waals surface area contributed by atoms with Crippen LogP contribution in [0.25, 0.3) is 0 Å². The van der Waals surface area contributed by atoms with Crippen LogP contribution in [0.4, 0.5) is 0 Å². The minimum Gasteiger partial charge on any atom is -0.212 e. The zero-order valence-electron chi connectivity index (χ0n) is 6.39. The molecule has 0 aliphatic carbocycles. The van der Waals surface area contributed by atoms with Gasteiger partial charge in [-0.05, 0) is 19.3 Å². The SMILES string of the molecule is CCC(Cl)CCCS(=O)(=O)Cl. The zero-order chi connectivity index (χ0) is 8.91. The summed E-state index contributed by atoms with van der Waals surface area (Å²) in [4.78, 5) is 0. The minimum absolute atomic E-state index is 0.0256. The first-order chi connectivity index (χ1) is 4.95. The quantitative estimate of drug-likeness (QED) is 0.525. The summed E-state index contributed by atoms with van der Waals surface area (Å²) in [5, 5.41) is 0.0772. The number of alkyl halides is 1. The zero-order valence-corrected chi connectivity index (χ0v) is 8.71. The van der Waals surface area contributed by atoms with E-state index in [9.17, 15) is 8.42 Å². The summed E-state index contributed by atoms with van der Waals surface area (Å²) in [7, 11) is 1.67. The van der Waals surface area contributed by atoms with Crippen molar-refractivity contribution in [2.45, 2.75) is 31.6 Å². The fraction of sp³-hybridized carbons (Fsp3) is 1.00. The summed E-state index contributed by atoms with van der Waals surface area (Å²) in [6, 6.07) is 0. The lowest BCUT2D eigenvalue weighted by Gasteiger charge is -2.03. The van der Waals surface area contributed by atoms with Gasteiger partial charge in [0.25, 0.3) is 0 Å². The van der Waals surface area contributed by atoms with Crippen LogP contribution < -0.4 is 0 Å².